The molecule has 0 aliphatic carbocycles. The highest BCUT2D eigenvalue weighted by Gasteiger charge is 2.24. The summed E-state index contributed by atoms with van der Waals surface area (Å²) in [5.74, 6) is 0.149. The minimum absolute atomic E-state index is 0.0543. The molecule has 3 N–H and O–H groups in total. The first kappa shape index (κ1) is 16.6. The Morgan fingerprint density at radius 1 is 1.57 bits per heavy atom. The van der Waals surface area contributed by atoms with Crippen LogP contribution in [-0.4, -0.2) is 35.5 Å². The normalized spacial score (nSPS) is 18.5. The summed E-state index contributed by atoms with van der Waals surface area (Å²) in [5, 5.41) is 14.1. The Hall–Kier alpha value is -2.77. The van der Waals surface area contributed by atoms with Crippen LogP contribution in [0.2, 0.25) is 0 Å². The molecule has 0 bridgehead atoms. The molecule has 0 spiro atoms. The standard InChI is InChI=1S/C15H19N5O3/c1-3-17-15(16)19-12-5-4-10(7-13(12)20(22)23)14-9(2)6-11(21)8-18-14/h4-5,7,9H,3,6,8H2,1-2H3,(H3,16,17,19). The maximum atomic E-state index is 11.4. The molecule has 23 heavy (non-hydrogen) atoms. The van der Waals surface area contributed by atoms with E-state index in [4.69, 9.17) is 5.73 Å². The van der Waals surface area contributed by atoms with E-state index in [9.17, 15) is 14.9 Å². The molecule has 0 amide bonds. The van der Waals surface area contributed by atoms with Crippen molar-refractivity contribution in [2.45, 2.75) is 20.3 Å². The molecule has 0 aromatic heterocycles. The van der Waals surface area contributed by atoms with E-state index in [1.54, 1.807) is 12.1 Å². The van der Waals surface area contributed by atoms with Gasteiger partial charge in [-0.15, -0.1) is 0 Å². The third-order valence-corrected chi connectivity index (χ3v) is 3.51. The first-order valence-corrected chi connectivity index (χ1v) is 7.34. The quantitative estimate of drug-likeness (QED) is 0.379. The third-order valence-electron chi connectivity index (χ3n) is 3.51. The lowest BCUT2D eigenvalue weighted by Gasteiger charge is -2.19. The Labute approximate surface area is 133 Å². The number of carbonyl (C=O) groups is 1. The molecular formula is C15H19N5O3. The van der Waals surface area contributed by atoms with Crippen LogP contribution in [-0.2, 0) is 4.79 Å². The van der Waals surface area contributed by atoms with Crippen LogP contribution in [0.4, 0.5) is 11.4 Å². The summed E-state index contributed by atoms with van der Waals surface area (Å²) in [7, 11) is 0. The van der Waals surface area contributed by atoms with Crippen LogP contribution < -0.4 is 11.1 Å². The number of ketones is 1. The molecular weight excluding hydrogens is 298 g/mol. The number of hydrogen-bond donors (Lipinski definition) is 2. The fraction of sp³-hybridized carbons (Fsp3) is 0.400. The van der Waals surface area contributed by atoms with Crippen molar-refractivity contribution < 1.29 is 9.72 Å². The first-order valence-electron chi connectivity index (χ1n) is 7.34. The van der Waals surface area contributed by atoms with E-state index in [1.165, 1.54) is 6.07 Å². The van der Waals surface area contributed by atoms with Crippen LogP contribution in [0.3, 0.4) is 0 Å². The Morgan fingerprint density at radius 3 is 2.91 bits per heavy atom. The number of nitrogens with zero attached hydrogens (tertiary/aromatic N) is 3. The first-order chi connectivity index (χ1) is 10.9. The average molecular weight is 317 g/mol. The van der Waals surface area contributed by atoms with Crippen LogP contribution in [0.15, 0.2) is 28.2 Å². The van der Waals surface area contributed by atoms with Crippen molar-refractivity contribution in [2.75, 3.05) is 18.4 Å². The number of nitrogens with one attached hydrogen (secondary N) is 1. The van der Waals surface area contributed by atoms with Crippen LogP contribution in [0.1, 0.15) is 25.8 Å². The average Bonchev–Trinajstić information content (AvgIpc) is 2.48. The van der Waals surface area contributed by atoms with Gasteiger partial charge in [0.25, 0.3) is 5.69 Å². The molecule has 1 aliphatic rings. The summed E-state index contributed by atoms with van der Waals surface area (Å²) in [4.78, 5) is 30.5. The van der Waals surface area contributed by atoms with Gasteiger partial charge in [0.05, 0.1) is 11.5 Å². The molecule has 8 heteroatoms. The molecule has 1 aromatic carbocycles. The van der Waals surface area contributed by atoms with Gasteiger partial charge in [-0.05, 0) is 13.0 Å². The van der Waals surface area contributed by atoms with Gasteiger partial charge in [0.2, 0.25) is 0 Å². The fourth-order valence-corrected chi connectivity index (χ4v) is 2.50. The van der Waals surface area contributed by atoms with Crippen molar-refractivity contribution in [3.63, 3.8) is 0 Å². The van der Waals surface area contributed by atoms with Crippen molar-refractivity contribution in [3.8, 4) is 0 Å². The third kappa shape index (κ3) is 3.91. The van der Waals surface area contributed by atoms with E-state index >= 15 is 0 Å². The topological polar surface area (TPSA) is 123 Å². The maximum Gasteiger partial charge on any atom is 0.293 e. The summed E-state index contributed by atoms with van der Waals surface area (Å²) in [6.07, 6.45) is 0.405. The minimum atomic E-state index is -0.482. The van der Waals surface area contributed by atoms with Crippen LogP contribution in [0, 0.1) is 16.0 Å². The highest BCUT2D eigenvalue weighted by atomic mass is 16.6. The molecule has 2 rings (SSSR count). The fourth-order valence-electron chi connectivity index (χ4n) is 2.50. The van der Waals surface area contributed by atoms with Crippen molar-refractivity contribution in [2.24, 2.45) is 21.6 Å². The van der Waals surface area contributed by atoms with Crippen molar-refractivity contribution in [1.82, 2.24) is 0 Å². The largest absolute Gasteiger partial charge is 0.370 e. The predicted molar refractivity (Wildman–Crippen MR) is 89.1 cm³/mol. The molecule has 1 aliphatic heterocycles. The summed E-state index contributed by atoms with van der Waals surface area (Å²) in [5.41, 5.74) is 7.19. The molecule has 1 unspecified atom stereocenters. The Balaban J connectivity index is 2.38. The zero-order chi connectivity index (χ0) is 17.0. The molecule has 1 atom stereocenters. The van der Waals surface area contributed by atoms with E-state index in [1.807, 2.05) is 13.8 Å². The Morgan fingerprint density at radius 2 is 2.30 bits per heavy atom. The second-order valence-corrected chi connectivity index (χ2v) is 5.32. The Kier molecular flexibility index (Phi) is 5.05. The number of benzene rings is 1. The van der Waals surface area contributed by atoms with Gasteiger partial charge in [-0.2, -0.15) is 0 Å². The van der Waals surface area contributed by atoms with Crippen molar-refractivity contribution >= 4 is 28.8 Å². The van der Waals surface area contributed by atoms with Gasteiger partial charge in [-0.3, -0.25) is 24.9 Å². The molecule has 0 radical (unpaired) electrons. The van der Waals surface area contributed by atoms with E-state index < -0.39 is 4.92 Å². The lowest BCUT2D eigenvalue weighted by atomic mass is 9.91. The van der Waals surface area contributed by atoms with Gasteiger partial charge in [0.15, 0.2) is 11.7 Å². The lowest BCUT2D eigenvalue weighted by molar-refractivity contribution is -0.383. The minimum Gasteiger partial charge on any atom is -0.370 e. The van der Waals surface area contributed by atoms with Crippen LogP contribution in [0.25, 0.3) is 0 Å². The molecule has 0 saturated heterocycles. The number of hydrogen-bond acceptors (Lipinski definition) is 5. The van der Waals surface area contributed by atoms with Gasteiger partial charge in [-0.25, -0.2) is 0 Å². The van der Waals surface area contributed by atoms with E-state index in [-0.39, 0.29) is 35.6 Å². The van der Waals surface area contributed by atoms with Gasteiger partial charge in [0.1, 0.15) is 5.69 Å². The van der Waals surface area contributed by atoms with Crippen molar-refractivity contribution in [1.29, 1.82) is 0 Å². The van der Waals surface area contributed by atoms with Crippen LogP contribution in [0.5, 0.6) is 0 Å². The number of nitro benzene ring substituents is 1. The summed E-state index contributed by atoms with van der Waals surface area (Å²) < 4.78 is 0. The van der Waals surface area contributed by atoms with E-state index in [0.29, 0.717) is 18.5 Å². The molecule has 122 valence electrons. The number of Topliss-reactive ketones (excluding diaryl/α,β-unsaturated/α-hetero) is 1. The zero-order valence-electron chi connectivity index (χ0n) is 13.1. The number of rotatable bonds is 4. The summed E-state index contributed by atoms with van der Waals surface area (Å²) >= 11 is 0. The number of guanidine groups is 1. The smallest absolute Gasteiger partial charge is 0.293 e. The van der Waals surface area contributed by atoms with Gasteiger partial charge < -0.3 is 11.1 Å². The SMILES string of the molecule is CCN=C(N)Nc1ccc(C2=NCC(=O)CC2C)cc1[N+](=O)[O-]. The van der Waals surface area contributed by atoms with Crippen molar-refractivity contribution in [3.05, 3.63) is 33.9 Å². The highest BCUT2D eigenvalue weighted by molar-refractivity contribution is 6.08. The predicted octanol–water partition coefficient (Wildman–Crippen LogP) is 1.74. The summed E-state index contributed by atoms with van der Waals surface area (Å²) in [6.45, 7) is 4.31. The molecule has 1 aromatic rings. The zero-order valence-corrected chi connectivity index (χ0v) is 13.1. The number of aliphatic imine (C=N–C) groups is 2. The van der Waals surface area contributed by atoms with E-state index in [0.717, 1.165) is 5.71 Å². The van der Waals surface area contributed by atoms with Crippen LogP contribution >= 0.6 is 0 Å². The molecule has 0 saturated carbocycles. The van der Waals surface area contributed by atoms with E-state index in [2.05, 4.69) is 15.3 Å². The van der Waals surface area contributed by atoms with Gasteiger partial charge >= 0.3 is 0 Å². The number of nitro groups is 1. The lowest BCUT2D eigenvalue weighted by Crippen LogP contribution is -2.25. The van der Waals surface area contributed by atoms with Gasteiger partial charge in [0, 0.05) is 36.2 Å². The monoisotopic (exact) mass is 317 g/mol. The van der Waals surface area contributed by atoms with Gasteiger partial charge in [-0.1, -0.05) is 13.0 Å². The highest BCUT2D eigenvalue weighted by Crippen LogP contribution is 2.28. The maximum absolute atomic E-state index is 11.4. The number of nitrogens with two attached hydrogens (primary N) is 1. The number of carbonyl (C=O) groups excluding carboxylic acids is 1. The summed E-state index contributed by atoms with van der Waals surface area (Å²) in [6, 6.07) is 4.77. The molecule has 0 fully saturated rings. The second kappa shape index (κ2) is 6.99. The second-order valence-electron chi connectivity index (χ2n) is 5.32. The molecule has 8 nitrogen and oxygen atoms in total. The molecule has 1 heterocycles. The Bertz CT molecular complexity index is 696. The number of anilines is 1.